The van der Waals surface area contributed by atoms with Gasteiger partial charge in [-0.1, -0.05) is 37.2 Å². The maximum Gasteiger partial charge on any atom is 0.264 e. The van der Waals surface area contributed by atoms with Crippen molar-refractivity contribution in [2.24, 2.45) is 0 Å². The van der Waals surface area contributed by atoms with Crippen LogP contribution in [0.4, 0.5) is 0 Å². The number of aromatic nitrogens is 2. The number of aryl methyl sites for hydroxylation is 1. The molecule has 0 aliphatic heterocycles. The molecule has 2 rings (SSSR count). The lowest BCUT2D eigenvalue weighted by Crippen LogP contribution is -2.02. The van der Waals surface area contributed by atoms with Gasteiger partial charge >= 0.3 is 0 Å². The molecule has 1 atom stereocenters. The minimum atomic E-state index is -0.523. The molecule has 102 valence electrons. The summed E-state index contributed by atoms with van der Waals surface area (Å²) >= 11 is 0. The Morgan fingerprint density at radius 1 is 1.32 bits per heavy atom. The van der Waals surface area contributed by atoms with Crippen molar-refractivity contribution in [2.45, 2.75) is 39.4 Å². The lowest BCUT2D eigenvalue weighted by molar-refractivity contribution is 0.163. The average Bonchev–Trinajstić information content (AvgIpc) is 2.92. The molecule has 1 heterocycles. The average molecular weight is 262 g/mol. The van der Waals surface area contributed by atoms with E-state index < -0.39 is 6.10 Å². The molecule has 5 heteroatoms. The van der Waals surface area contributed by atoms with Crippen molar-refractivity contribution < 1.29 is 14.4 Å². The number of para-hydroxylation sites is 1. The summed E-state index contributed by atoms with van der Waals surface area (Å²) in [6.07, 6.45) is 0.848. The number of benzene rings is 1. The molecule has 1 aromatic heterocycles. The van der Waals surface area contributed by atoms with Crippen LogP contribution < -0.4 is 4.74 Å². The molecule has 0 aliphatic rings. The van der Waals surface area contributed by atoms with E-state index in [1.807, 2.05) is 38.1 Å². The zero-order valence-electron chi connectivity index (χ0n) is 11.2. The molecular formula is C14H18N2O3. The normalized spacial score (nSPS) is 12.4. The Balaban J connectivity index is 2.06. The molecular weight excluding hydrogens is 244 g/mol. The van der Waals surface area contributed by atoms with Gasteiger partial charge in [-0.3, -0.25) is 0 Å². The Kier molecular flexibility index (Phi) is 4.52. The number of rotatable bonds is 6. The number of aliphatic hydroxyl groups is 1. The first-order valence-corrected chi connectivity index (χ1v) is 6.45. The first-order chi connectivity index (χ1) is 9.24. The number of hydrogen-bond donors (Lipinski definition) is 1. The van der Waals surface area contributed by atoms with Crippen LogP contribution in [0.1, 0.15) is 43.7 Å². The minimum absolute atomic E-state index is 0.209. The Morgan fingerprint density at radius 2 is 2.11 bits per heavy atom. The van der Waals surface area contributed by atoms with Gasteiger partial charge in [0.25, 0.3) is 5.89 Å². The third-order valence-corrected chi connectivity index (χ3v) is 2.84. The number of aliphatic hydroxyl groups excluding tert-OH is 1. The maximum atomic E-state index is 9.92. The van der Waals surface area contributed by atoms with Crippen molar-refractivity contribution in [3.63, 3.8) is 0 Å². The topological polar surface area (TPSA) is 68.4 Å². The fourth-order valence-corrected chi connectivity index (χ4v) is 1.74. The third kappa shape index (κ3) is 3.32. The zero-order valence-corrected chi connectivity index (χ0v) is 11.2. The summed E-state index contributed by atoms with van der Waals surface area (Å²) in [5, 5.41) is 13.7. The quantitative estimate of drug-likeness (QED) is 0.866. The van der Waals surface area contributed by atoms with Crippen molar-refractivity contribution in [3.05, 3.63) is 41.5 Å². The number of nitrogens with zero attached hydrogens (tertiary/aromatic N) is 2. The molecule has 1 N–H and O–H groups in total. The second-order valence-electron chi connectivity index (χ2n) is 4.21. The van der Waals surface area contributed by atoms with E-state index in [9.17, 15) is 5.11 Å². The molecule has 0 unspecified atom stereocenters. The van der Waals surface area contributed by atoms with Crippen LogP contribution in [-0.4, -0.2) is 15.2 Å². The fourth-order valence-electron chi connectivity index (χ4n) is 1.74. The molecule has 0 aliphatic carbocycles. The second kappa shape index (κ2) is 6.33. The lowest BCUT2D eigenvalue weighted by Gasteiger charge is -2.13. The molecule has 0 saturated carbocycles. The van der Waals surface area contributed by atoms with Gasteiger partial charge in [0, 0.05) is 12.0 Å². The van der Waals surface area contributed by atoms with E-state index >= 15 is 0 Å². The van der Waals surface area contributed by atoms with E-state index in [1.54, 1.807) is 0 Å². The fraction of sp³-hybridized carbons (Fsp3) is 0.429. The summed E-state index contributed by atoms with van der Waals surface area (Å²) in [5.41, 5.74) is 0.778. The Morgan fingerprint density at radius 3 is 2.79 bits per heavy atom. The van der Waals surface area contributed by atoms with E-state index in [4.69, 9.17) is 9.26 Å². The highest BCUT2D eigenvalue weighted by atomic mass is 16.5. The predicted octanol–water partition coefficient (Wildman–Crippen LogP) is 2.65. The molecule has 5 nitrogen and oxygen atoms in total. The van der Waals surface area contributed by atoms with Gasteiger partial charge in [0.15, 0.2) is 12.4 Å². The molecule has 0 spiro atoms. The number of ether oxygens (including phenoxy) is 1. The van der Waals surface area contributed by atoms with Crippen molar-refractivity contribution in [2.75, 3.05) is 0 Å². The summed E-state index contributed by atoms with van der Waals surface area (Å²) in [6, 6.07) is 7.43. The number of hydrogen-bond acceptors (Lipinski definition) is 5. The highest BCUT2D eigenvalue weighted by molar-refractivity contribution is 5.35. The molecule has 1 aromatic carbocycles. The maximum absolute atomic E-state index is 9.92. The smallest absolute Gasteiger partial charge is 0.264 e. The standard InChI is InChI=1S/C14H18N2O3/c1-3-11(17)10-7-5-6-8-12(10)18-9-14-15-13(4-2)16-19-14/h5-8,11,17H,3-4,9H2,1-2H3/t11-/m0/s1. The van der Waals surface area contributed by atoms with Crippen molar-refractivity contribution >= 4 is 0 Å². The van der Waals surface area contributed by atoms with Gasteiger partial charge in [-0.2, -0.15) is 4.98 Å². The Hall–Kier alpha value is -1.88. The SMILES string of the molecule is CCc1noc(COc2ccccc2[C@@H](O)CC)n1. The monoisotopic (exact) mass is 262 g/mol. The molecule has 0 fully saturated rings. The van der Waals surface area contributed by atoms with Gasteiger partial charge in [-0.15, -0.1) is 0 Å². The summed E-state index contributed by atoms with van der Waals surface area (Å²) < 4.78 is 10.7. The van der Waals surface area contributed by atoms with Crippen molar-refractivity contribution in [1.82, 2.24) is 10.1 Å². The highest BCUT2D eigenvalue weighted by Gasteiger charge is 2.12. The van der Waals surface area contributed by atoms with Crippen LogP contribution in [0.25, 0.3) is 0 Å². The summed E-state index contributed by atoms with van der Waals surface area (Å²) in [4.78, 5) is 4.17. The van der Waals surface area contributed by atoms with Gasteiger partial charge in [0.1, 0.15) is 5.75 Å². The van der Waals surface area contributed by atoms with E-state index in [0.717, 1.165) is 12.0 Å². The van der Waals surface area contributed by atoms with Crippen LogP contribution in [0.2, 0.25) is 0 Å². The summed E-state index contributed by atoms with van der Waals surface area (Å²) in [5.74, 6) is 1.76. The minimum Gasteiger partial charge on any atom is -0.483 e. The lowest BCUT2D eigenvalue weighted by atomic mass is 10.1. The second-order valence-corrected chi connectivity index (χ2v) is 4.21. The van der Waals surface area contributed by atoms with Crippen LogP contribution in [-0.2, 0) is 13.0 Å². The van der Waals surface area contributed by atoms with Crippen LogP contribution in [0.5, 0.6) is 5.75 Å². The van der Waals surface area contributed by atoms with Crippen molar-refractivity contribution in [1.29, 1.82) is 0 Å². The van der Waals surface area contributed by atoms with Gasteiger partial charge < -0.3 is 14.4 Å². The molecule has 2 aromatic rings. The van der Waals surface area contributed by atoms with E-state index in [0.29, 0.717) is 23.9 Å². The van der Waals surface area contributed by atoms with Gasteiger partial charge in [-0.25, -0.2) is 0 Å². The highest BCUT2D eigenvalue weighted by Crippen LogP contribution is 2.27. The Bertz CT molecular complexity index is 525. The van der Waals surface area contributed by atoms with Crippen LogP contribution in [0, 0.1) is 0 Å². The molecule has 0 amide bonds. The van der Waals surface area contributed by atoms with Crippen LogP contribution >= 0.6 is 0 Å². The largest absolute Gasteiger partial charge is 0.483 e. The van der Waals surface area contributed by atoms with E-state index in [2.05, 4.69) is 10.1 Å². The van der Waals surface area contributed by atoms with Crippen LogP contribution in [0.15, 0.2) is 28.8 Å². The third-order valence-electron chi connectivity index (χ3n) is 2.84. The summed E-state index contributed by atoms with van der Waals surface area (Å²) in [7, 11) is 0. The Labute approximate surface area is 112 Å². The van der Waals surface area contributed by atoms with Gasteiger partial charge in [0.05, 0.1) is 6.10 Å². The predicted molar refractivity (Wildman–Crippen MR) is 69.7 cm³/mol. The zero-order chi connectivity index (χ0) is 13.7. The first kappa shape index (κ1) is 13.5. The van der Waals surface area contributed by atoms with Gasteiger partial charge in [-0.05, 0) is 12.5 Å². The van der Waals surface area contributed by atoms with E-state index in [-0.39, 0.29) is 6.61 Å². The summed E-state index contributed by atoms with van der Waals surface area (Å²) in [6.45, 7) is 4.09. The van der Waals surface area contributed by atoms with Gasteiger partial charge in [0.2, 0.25) is 0 Å². The molecule has 0 bridgehead atoms. The molecule has 0 saturated heterocycles. The molecule has 0 radical (unpaired) electrons. The van der Waals surface area contributed by atoms with Crippen LogP contribution in [0.3, 0.4) is 0 Å². The van der Waals surface area contributed by atoms with E-state index in [1.165, 1.54) is 0 Å². The van der Waals surface area contributed by atoms with Crippen molar-refractivity contribution in [3.8, 4) is 5.75 Å². The first-order valence-electron chi connectivity index (χ1n) is 6.45. The molecule has 19 heavy (non-hydrogen) atoms.